The molecule has 2 rings (SSSR count). The molecule has 5 heteroatoms. The average molecular weight is 275 g/mol. The van der Waals surface area contributed by atoms with Crippen LogP contribution in [-0.4, -0.2) is 50.7 Å². The Bertz CT molecular complexity index is 353. The third-order valence-electron chi connectivity index (χ3n) is 4.71. The van der Waals surface area contributed by atoms with Crippen LogP contribution in [0.5, 0.6) is 0 Å². The van der Waals surface area contributed by atoms with Gasteiger partial charge in [0.05, 0.1) is 24.9 Å². The Morgan fingerprint density at radius 1 is 1.11 bits per heavy atom. The van der Waals surface area contributed by atoms with Gasteiger partial charge in [0.25, 0.3) is 0 Å². The molecule has 0 atom stereocenters. The minimum atomic E-state index is -2.96. The molecule has 0 saturated carbocycles. The molecule has 0 aromatic heterocycles. The SMILES string of the molecule is CCS(=O)(=O)N1CCC([NH+]2CCC(C)CC2)CC1. The number of hydrogen-bond acceptors (Lipinski definition) is 2. The molecule has 0 unspecified atom stereocenters. The molecule has 2 aliphatic heterocycles. The second kappa shape index (κ2) is 5.88. The smallest absolute Gasteiger partial charge is 0.213 e. The van der Waals surface area contributed by atoms with Crippen molar-refractivity contribution in [1.29, 1.82) is 0 Å². The van der Waals surface area contributed by atoms with E-state index in [1.54, 1.807) is 16.1 Å². The van der Waals surface area contributed by atoms with Crippen LogP contribution in [0.25, 0.3) is 0 Å². The third kappa shape index (κ3) is 3.25. The maximum absolute atomic E-state index is 11.8. The summed E-state index contributed by atoms with van der Waals surface area (Å²) in [4.78, 5) is 1.72. The minimum Gasteiger partial charge on any atom is -0.332 e. The molecule has 4 nitrogen and oxygen atoms in total. The number of nitrogens with zero attached hydrogens (tertiary/aromatic N) is 1. The van der Waals surface area contributed by atoms with E-state index in [2.05, 4.69) is 6.92 Å². The zero-order valence-corrected chi connectivity index (χ0v) is 12.5. The van der Waals surface area contributed by atoms with Gasteiger partial charge in [0.1, 0.15) is 0 Å². The van der Waals surface area contributed by atoms with Crippen LogP contribution in [0.15, 0.2) is 0 Å². The molecule has 0 aliphatic carbocycles. The summed E-state index contributed by atoms with van der Waals surface area (Å²) >= 11 is 0. The molecule has 106 valence electrons. The normalized spacial score (nSPS) is 32.6. The van der Waals surface area contributed by atoms with E-state index < -0.39 is 10.0 Å². The predicted molar refractivity (Wildman–Crippen MR) is 73.2 cm³/mol. The zero-order valence-electron chi connectivity index (χ0n) is 11.7. The van der Waals surface area contributed by atoms with E-state index in [0.717, 1.165) is 31.8 Å². The summed E-state index contributed by atoms with van der Waals surface area (Å²) < 4.78 is 25.3. The molecule has 0 aromatic carbocycles. The number of likely N-dealkylation sites (tertiary alicyclic amines) is 1. The van der Waals surface area contributed by atoms with Crippen LogP contribution in [0.2, 0.25) is 0 Å². The van der Waals surface area contributed by atoms with Crippen molar-refractivity contribution in [2.45, 2.75) is 45.6 Å². The van der Waals surface area contributed by atoms with Crippen molar-refractivity contribution in [3.8, 4) is 0 Å². The average Bonchev–Trinajstić information content (AvgIpc) is 2.40. The Morgan fingerprint density at radius 2 is 1.67 bits per heavy atom. The van der Waals surface area contributed by atoms with Crippen molar-refractivity contribution in [2.24, 2.45) is 5.92 Å². The summed E-state index contributed by atoms with van der Waals surface area (Å²) in [6.45, 7) is 8.12. The minimum absolute atomic E-state index is 0.242. The number of nitrogens with one attached hydrogen (secondary N) is 1. The van der Waals surface area contributed by atoms with Gasteiger partial charge in [0, 0.05) is 25.9 Å². The second-order valence-electron chi connectivity index (χ2n) is 5.91. The summed E-state index contributed by atoms with van der Waals surface area (Å²) in [7, 11) is -2.96. The number of hydrogen-bond donors (Lipinski definition) is 1. The fourth-order valence-corrected chi connectivity index (χ4v) is 4.40. The van der Waals surface area contributed by atoms with Crippen LogP contribution in [0, 0.1) is 5.92 Å². The van der Waals surface area contributed by atoms with Gasteiger partial charge in [-0.1, -0.05) is 6.92 Å². The lowest BCUT2D eigenvalue weighted by molar-refractivity contribution is -0.932. The third-order valence-corrected chi connectivity index (χ3v) is 6.59. The van der Waals surface area contributed by atoms with Crippen molar-refractivity contribution in [3.05, 3.63) is 0 Å². The molecule has 2 heterocycles. The Labute approximate surface area is 111 Å². The van der Waals surface area contributed by atoms with E-state index >= 15 is 0 Å². The Balaban J connectivity index is 1.83. The highest BCUT2D eigenvalue weighted by Crippen LogP contribution is 2.14. The van der Waals surface area contributed by atoms with Crippen LogP contribution in [-0.2, 0) is 10.0 Å². The van der Waals surface area contributed by atoms with E-state index in [1.807, 2.05) is 0 Å². The fourth-order valence-electron chi connectivity index (χ4n) is 3.27. The summed E-state index contributed by atoms with van der Waals surface area (Å²) in [6.07, 6.45) is 4.76. The molecule has 2 saturated heterocycles. The summed E-state index contributed by atoms with van der Waals surface area (Å²) in [6, 6.07) is 0.695. The molecule has 2 aliphatic rings. The van der Waals surface area contributed by atoms with Crippen molar-refractivity contribution in [1.82, 2.24) is 4.31 Å². The molecule has 0 amide bonds. The quantitative estimate of drug-likeness (QED) is 0.795. The van der Waals surface area contributed by atoms with Crippen LogP contribution < -0.4 is 4.90 Å². The van der Waals surface area contributed by atoms with Crippen LogP contribution in [0.4, 0.5) is 0 Å². The molecule has 18 heavy (non-hydrogen) atoms. The number of piperidine rings is 2. The second-order valence-corrected chi connectivity index (χ2v) is 8.17. The standard InChI is InChI=1S/C13H26N2O2S/c1-3-18(16,17)15-10-6-13(7-11-15)14-8-4-12(2)5-9-14/h12-13H,3-11H2,1-2H3/p+1. The first-order chi connectivity index (χ1) is 8.53. The summed E-state index contributed by atoms with van der Waals surface area (Å²) in [5, 5.41) is 0. The highest BCUT2D eigenvalue weighted by molar-refractivity contribution is 7.89. The lowest BCUT2D eigenvalue weighted by atomic mass is 9.95. The molecular weight excluding hydrogens is 248 g/mol. The van der Waals surface area contributed by atoms with E-state index in [4.69, 9.17) is 0 Å². The summed E-state index contributed by atoms with van der Waals surface area (Å²) in [5.74, 6) is 1.13. The monoisotopic (exact) mass is 275 g/mol. The van der Waals surface area contributed by atoms with Gasteiger partial charge < -0.3 is 4.90 Å². The molecule has 0 radical (unpaired) electrons. The van der Waals surface area contributed by atoms with Crippen LogP contribution in [0.1, 0.15) is 39.5 Å². The van der Waals surface area contributed by atoms with E-state index in [1.165, 1.54) is 25.9 Å². The van der Waals surface area contributed by atoms with Crippen molar-refractivity contribution in [3.63, 3.8) is 0 Å². The zero-order chi connectivity index (χ0) is 13.2. The maximum Gasteiger partial charge on any atom is 0.213 e. The molecule has 0 bridgehead atoms. The van der Waals surface area contributed by atoms with Gasteiger partial charge >= 0.3 is 0 Å². The Hall–Kier alpha value is -0.130. The van der Waals surface area contributed by atoms with Gasteiger partial charge in [-0.3, -0.25) is 0 Å². The molecule has 2 fully saturated rings. The molecular formula is C13H27N2O2S+. The lowest BCUT2D eigenvalue weighted by Gasteiger charge is -2.38. The number of sulfonamides is 1. The van der Waals surface area contributed by atoms with Crippen LogP contribution in [0.3, 0.4) is 0 Å². The topological polar surface area (TPSA) is 41.8 Å². The Morgan fingerprint density at radius 3 is 2.17 bits per heavy atom. The summed E-state index contributed by atoms with van der Waals surface area (Å²) in [5.41, 5.74) is 0. The molecule has 1 N–H and O–H groups in total. The highest BCUT2D eigenvalue weighted by atomic mass is 32.2. The first-order valence-electron chi connectivity index (χ1n) is 7.35. The van der Waals surface area contributed by atoms with E-state index in [9.17, 15) is 8.42 Å². The van der Waals surface area contributed by atoms with Crippen molar-refractivity contribution < 1.29 is 13.3 Å². The molecule has 0 spiro atoms. The van der Waals surface area contributed by atoms with Crippen molar-refractivity contribution >= 4 is 10.0 Å². The van der Waals surface area contributed by atoms with Gasteiger partial charge in [-0.2, -0.15) is 0 Å². The Kier molecular flexibility index (Phi) is 4.67. The number of rotatable bonds is 3. The van der Waals surface area contributed by atoms with E-state index in [-0.39, 0.29) is 5.75 Å². The van der Waals surface area contributed by atoms with Gasteiger partial charge in [0.15, 0.2) is 0 Å². The predicted octanol–water partition coefficient (Wildman–Crippen LogP) is 0.115. The largest absolute Gasteiger partial charge is 0.332 e. The van der Waals surface area contributed by atoms with Crippen LogP contribution >= 0.6 is 0 Å². The molecule has 0 aromatic rings. The van der Waals surface area contributed by atoms with Crippen molar-refractivity contribution in [2.75, 3.05) is 31.9 Å². The number of quaternary nitrogens is 1. The fraction of sp³-hybridized carbons (Fsp3) is 1.00. The van der Waals surface area contributed by atoms with E-state index in [0.29, 0.717) is 6.04 Å². The van der Waals surface area contributed by atoms with Gasteiger partial charge in [0.2, 0.25) is 10.0 Å². The first-order valence-corrected chi connectivity index (χ1v) is 8.96. The van der Waals surface area contributed by atoms with Gasteiger partial charge in [-0.05, 0) is 25.7 Å². The maximum atomic E-state index is 11.8. The lowest BCUT2D eigenvalue weighted by Crippen LogP contribution is -3.17. The van der Waals surface area contributed by atoms with Gasteiger partial charge in [-0.15, -0.1) is 0 Å². The van der Waals surface area contributed by atoms with Gasteiger partial charge in [-0.25, -0.2) is 12.7 Å². The highest BCUT2D eigenvalue weighted by Gasteiger charge is 2.33. The first kappa shape index (κ1) is 14.3.